The van der Waals surface area contributed by atoms with Crippen LogP contribution < -0.4 is 4.74 Å². The summed E-state index contributed by atoms with van der Waals surface area (Å²) in [6, 6.07) is 7.64. The van der Waals surface area contributed by atoms with Crippen LogP contribution in [-0.2, 0) is 4.79 Å². The molecule has 1 atom stereocenters. The lowest BCUT2D eigenvalue weighted by Crippen LogP contribution is -2.42. The maximum absolute atomic E-state index is 12.0. The van der Waals surface area contributed by atoms with Crippen molar-refractivity contribution in [2.45, 2.75) is 31.8 Å². The Bertz CT molecular complexity index is 435. The summed E-state index contributed by atoms with van der Waals surface area (Å²) < 4.78 is 6.60. The number of hydrogen-bond donors (Lipinski definition) is 1. The molecule has 0 unspecified atom stereocenters. The fourth-order valence-electron chi connectivity index (χ4n) is 2.28. The molecule has 2 rings (SSSR count). The maximum Gasteiger partial charge on any atom is 0.222 e. The Labute approximate surface area is 127 Å². The van der Waals surface area contributed by atoms with Gasteiger partial charge in [-0.15, -0.1) is 0 Å². The van der Waals surface area contributed by atoms with E-state index in [1.807, 2.05) is 24.3 Å². The Morgan fingerprint density at radius 3 is 2.85 bits per heavy atom. The van der Waals surface area contributed by atoms with Crippen molar-refractivity contribution in [1.82, 2.24) is 4.90 Å². The number of piperidine rings is 1. The Morgan fingerprint density at radius 2 is 2.15 bits per heavy atom. The Kier molecular flexibility index (Phi) is 5.86. The summed E-state index contributed by atoms with van der Waals surface area (Å²) in [4.78, 5) is 13.7. The third-order valence-electron chi connectivity index (χ3n) is 3.37. The number of aliphatic hydroxyl groups is 1. The number of nitrogens with zero attached hydrogens (tertiary/aromatic N) is 1. The van der Waals surface area contributed by atoms with Gasteiger partial charge in [0.2, 0.25) is 5.91 Å². The van der Waals surface area contributed by atoms with E-state index in [0.29, 0.717) is 26.0 Å². The van der Waals surface area contributed by atoms with Crippen LogP contribution in [0, 0.1) is 0 Å². The minimum Gasteiger partial charge on any atom is -0.494 e. The van der Waals surface area contributed by atoms with Crippen LogP contribution in [0.1, 0.15) is 25.7 Å². The second-order valence-corrected chi connectivity index (χ2v) is 5.96. The number of ether oxygens (including phenoxy) is 1. The summed E-state index contributed by atoms with van der Waals surface area (Å²) in [6.45, 7) is 1.78. The van der Waals surface area contributed by atoms with E-state index < -0.39 is 0 Å². The molecular weight excluding hydrogens is 322 g/mol. The number of carbonyl (C=O) groups is 1. The molecule has 1 aliphatic rings. The normalized spacial score (nSPS) is 18.9. The maximum atomic E-state index is 12.0. The van der Waals surface area contributed by atoms with Crippen LogP contribution in [0.4, 0.5) is 0 Å². The standard InChI is InChI=1S/C15H20BrNO3/c16-12-5-7-14(8-6-12)20-10-2-4-15(19)17-9-1-3-13(18)11-17/h5-8,13,18H,1-4,9-11H2/t13-/m0/s1. The van der Waals surface area contributed by atoms with Crippen molar-refractivity contribution in [3.63, 3.8) is 0 Å². The molecule has 0 spiro atoms. The van der Waals surface area contributed by atoms with Crippen molar-refractivity contribution >= 4 is 21.8 Å². The van der Waals surface area contributed by atoms with Crippen molar-refractivity contribution < 1.29 is 14.6 Å². The molecule has 110 valence electrons. The molecule has 1 aromatic rings. The number of likely N-dealkylation sites (tertiary alicyclic amines) is 1. The summed E-state index contributed by atoms with van der Waals surface area (Å²) >= 11 is 3.37. The molecule has 1 aromatic carbocycles. The molecule has 0 aromatic heterocycles. The van der Waals surface area contributed by atoms with Crippen LogP contribution in [-0.4, -0.2) is 41.7 Å². The predicted molar refractivity (Wildman–Crippen MR) is 80.7 cm³/mol. The van der Waals surface area contributed by atoms with Crippen LogP contribution in [0.15, 0.2) is 28.7 Å². The third-order valence-corrected chi connectivity index (χ3v) is 3.90. The number of aliphatic hydroxyl groups excluding tert-OH is 1. The number of β-amino-alcohol motifs (C(OH)–C–C–N with tert-alkyl or cyclic N) is 1. The molecule has 5 heteroatoms. The smallest absolute Gasteiger partial charge is 0.222 e. The number of halogens is 1. The zero-order valence-electron chi connectivity index (χ0n) is 11.4. The van der Waals surface area contributed by atoms with Crippen molar-refractivity contribution in [3.8, 4) is 5.75 Å². The van der Waals surface area contributed by atoms with E-state index in [0.717, 1.165) is 29.6 Å². The van der Waals surface area contributed by atoms with Gasteiger partial charge in [0, 0.05) is 24.0 Å². The molecule has 1 aliphatic heterocycles. The van der Waals surface area contributed by atoms with Crippen molar-refractivity contribution in [1.29, 1.82) is 0 Å². The monoisotopic (exact) mass is 341 g/mol. The molecule has 1 heterocycles. The summed E-state index contributed by atoms with van der Waals surface area (Å²) in [5.41, 5.74) is 0. The van der Waals surface area contributed by atoms with Gasteiger partial charge < -0.3 is 14.7 Å². The van der Waals surface area contributed by atoms with Gasteiger partial charge in [0.1, 0.15) is 5.75 Å². The van der Waals surface area contributed by atoms with Gasteiger partial charge in [-0.05, 0) is 43.5 Å². The van der Waals surface area contributed by atoms with Crippen LogP contribution in [0.5, 0.6) is 5.75 Å². The average Bonchev–Trinajstić information content (AvgIpc) is 2.45. The highest BCUT2D eigenvalue weighted by Crippen LogP contribution is 2.16. The zero-order valence-corrected chi connectivity index (χ0v) is 13.0. The Morgan fingerprint density at radius 1 is 1.40 bits per heavy atom. The van der Waals surface area contributed by atoms with Gasteiger partial charge in [0.25, 0.3) is 0 Å². The minimum absolute atomic E-state index is 0.114. The molecule has 1 amide bonds. The number of rotatable bonds is 5. The Hall–Kier alpha value is -1.07. The second kappa shape index (κ2) is 7.64. The molecular formula is C15H20BrNO3. The molecule has 1 saturated heterocycles. The van der Waals surface area contributed by atoms with E-state index in [-0.39, 0.29) is 12.0 Å². The fourth-order valence-corrected chi connectivity index (χ4v) is 2.55. The highest BCUT2D eigenvalue weighted by Gasteiger charge is 2.21. The molecule has 0 saturated carbocycles. The van der Waals surface area contributed by atoms with Crippen LogP contribution in [0.2, 0.25) is 0 Å². The Balaban J connectivity index is 1.65. The van der Waals surface area contributed by atoms with Crippen molar-refractivity contribution in [2.24, 2.45) is 0 Å². The largest absolute Gasteiger partial charge is 0.494 e. The first-order chi connectivity index (χ1) is 9.65. The molecule has 20 heavy (non-hydrogen) atoms. The van der Waals surface area contributed by atoms with E-state index in [4.69, 9.17) is 4.74 Å². The van der Waals surface area contributed by atoms with Crippen molar-refractivity contribution in [2.75, 3.05) is 19.7 Å². The van der Waals surface area contributed by atoms with Gasteiger partial charge in [0.15, 0.2) is 0 Å². The molecule has 0 aliphatic carbocycles. The molecule has 1 N–H and O–H groups in total. The van der Waals surface area contributed by atoms with Crippen molar-refractivity contribution in [3.05, 3.63) is 28.7 Å². The lowest BCUT2D eigenvalue weighted by Gasteiger charge is -2.30. The number of benzene rings is 1. The first-order valence-corrected chi connectivity index (χ1v) is 7.78. The van der Waals surface area contributed by atoms with Crippen LogP contribution in [0.25, 0.3) is 0 Å². The summed E-state index contributed by atoms with van der Waals surface area (Å²) in [5.74, 6) is 0.928. The second-order valence-electron chi connectivity index (χ2n) is 5.04. The van der Waals surface area contributed by atoms with Crippen LogP contribution in [0.3, 0.4) is 0 Å². The molecule has 1 fully saturated rings. The van der Waals surface area contributed by atoms with Crippen LogP contribution >= 0.6 is 15.9 Å². The van der Waals surface area contributed by atoms with Gasteiger partial charge in [-0.2, -0.15) is 0 Å². The summed E-state index contributed by atoms with van der Waals surface area (Å²) in [7, 11) is 0. The topological polar surface area (TPSA) is 49.8 Å². The van der Waals surface area contributed by atoms with Gasteiger partial charge in [-0.25, -0.2) is 0 Å². The number of carbonyl (C=O) groups excluding carboxylic acids is 1. The fraction of sp³-hybridized carbons (Fsp3) is 0.533. The quantitative estimate of drug-likeness (QED) is 0.837. The van der Waals surface area contributed by atoms with E-state index in [1.54, 1.807) is 4.90 Å². The third kappa shape index (κ3) is 4.80. The van der Waals surface area contributed by atoms with Gasteiger partial charge >= 0.3 is 0 Å². The van der Waals surface area contributed by atoms with E-state index in [9.17, 15) is 9.90 Å². The first-order valence-electron chi connectivity index (χ1n) is 6.99. The summed E-state index contributed by atoms with van der Waals surface area (Å²) in [5, 5.41) is 9.55. The van der Waals surface area contributed by atoms with Gasteiger partial charge in [-0.3, -0.25) is 4.79 Å². The molecule has 0 radical (unpaired) electrons. The SMILES string of the molecule is O=C(CCCOc1ccc(Br)cc1)N1CCC[C@H](O)C1. The highest BCUT2D eigenvalue weighted by atomic mass is 79.9. The minimum atomic E-state index is -0.355. The number of amides is 1. The lowest BCUT2D eigenvalue weighted by atomic mass is 10.1. The highest BCUT2D eigenvalue weighted by molar-refractivity contribution is 9.10. The zero-order chi connectivity index (χ0) is 14.4. The van der Waals surface area contributed by atoms with Gasteiger partial charge in [-0.1, -0.05) is 15.9 Å². The summed E-state index contributed by atoms with van der Waals surface area (Å²) in [6.07, 6.45) is 2.51. The molecule has 0 bridgehead atoms. The predicted octanol–water partition coefficient (Wildman–Crippen LogP) is 2.59. The lowest BCUT2D eigenvalue weighted by molar-refractivity contribution is -0.134. The molecule has 4 nitrogen and oxygen atoms in total. The average molecular weight is 342 g/mol. The van der Waals surface area contributed by atoms with E-state index in [1.165, 1.54) is 0 Å². The van der Waals surface area contributed by atoms with E-state index >= 15 is 0 Å². The number of hydrogen-bond acceptors (Lipinski definition) is 3. The van der Waals surface area contributed by atoms with Gasteiger partial charge in [0.05, 0.1) is 12.7 Å². The van der Waals surface area contributed by atoms with E-state index in [2.05, 4.69) is 15.9 Å². The first kappa shape index (κ1) is 15.3.